The van der Waals surface area contributed by atoms with Gasteiger partial charge in [-0.2, -0.15) is 0 Å². The largest absolute Gasteiger partial charge is 0.481 e. The van der Waals surface area contributed by atoms with E-state index in [2.05, 4.69) is 11.8 Å². The Morgan fingerprint density at radius 3 is 2.72 bits per heavy atom. The molecule has 0 unspecified atom stereocenters. The molecular formula is C24H31NO4. The minimum atomic E-state index is -0.755. The molecule has 1 fully saturated rings. The van der Waals surface area contributed by atoms with Crippen molar-refractivity contribution in [3.63, 3.8) is 0 Å². The predicted molar refractivity (Wildman–Crippen MR) is 113 cm³/mol. The van der Waals surface area contributed by atoms with Crippen LogP contribution in [0.1, 0.15) is 63.4 Å². The number of carboxylic acid groups (broad SMARTS) is 1. The molecule has 0 aliphatic carbocycles. The lowest BCUT2D eigenvalue weighted by atomic mass is 10.1. The number of hydrogen-bond acceptors (Lipinski definition) is 3. The second-order valence-corrected chi connectivity index (χ2v) is 7.41. The molecule has 5 heteroatoms. The van der Waals surface area contributed by atoms with Gasteiger partial charge in [-0.25, -0.2) is 0 Å². The van der Waals surface area contributed by atoms with Gasteiger partial charge in [0.1, 0.15) is 0 Å². The van der Waals surface area contributed by atoms with Crippen LogP contribution in [-0.4, -0.2) is 45.7 Å². The Morgan fingerprint density at radius 2 is 1.97 bits per heavy atom. The van der Waals surface area contributed by atoms with Crippen LogP contribution < -0.4 is 0 Å². The van der Waals surface area contributed by atoms with Crippen LogP contribution in [0, 0.1) is 11.8 Å². The summed E-state index contributed by atoms with van der Waals surface area (Å²) in [7, 11) is 0. The van der Waals surface area contributed by atoms with Crippen LogP contribution in [0.5, 0.6) is 0 Å². The molecule has 1 aliphatic heterocycles. The highest BCUT2D eigenvalue weighted by Crippen LogP contribution is 2.21. The van der Waals surface area contributed by atoms with Gasteiger partial charge in [0.15, 0.2) is 0 Å². The Labute approximate surface area is 173 Å². The molecule has 0 saturated carbocycles. The molecule has 156 valence electrons. The van der Waals surface area contributed by atoms with E-state index in [-0.39, 0.29) is 18.4 Å². The molecule has 0 spiro atoms. The molecule has 2 atom stereocenters. The zero-order chi connectivity index (χ0) is 20.9. The number of rotatable bonds is 11. The molecule has 1 aromatic carbocycles. The number of hydrogen-bond donors (Lipinski definition) is 2. The van der Waals surface area contributed by atoms with Crippen LogP contribution >= 0.6 is 0 Å². The van der Waals surface area contributed by atoms with Crippen molar-refractivity contribution >= 4 is 11.9 Å². The van der Waals surface area contributed by atoms with Crippen LogP contribution in [0.25, 0.3) is 0 Å². The average molecular weight is 398 g/mol. The van der Waals surface area contributed by atoms with Crippen molar-refractivity contribution in [1.29, 1.82) is 0 Å². The van der Waals surface area contributed by atoms with Gasteiger partial charge >= 0.3 is 5.97 Å². The van der Waals surface area contributed by atoms with E-state index in [9.17, 15) is 14.7 Å². The molecule has 1 heterocycles. The van der Waals surface area contributed by atoms with Gasteiger partial charge in [-0.05, 0) is 37.8 Å². The fourth-order valence-electron chi connectivity index (χ4n) is 3.42. The summed E-state index contributed by atoms with van der Waals surface area (Å²) >= 11 is 0. The lowest BCUT2D eigenvalue weighted by Gasteiger charge is -2.22. The van der Waals surface area contributed by atoms with Crippen molar-refractivity contribution in [3.05, 3.63) is 48.0 Å². The van der Waals surface area contributed by atoms with Gasteiger partial charge in [0.25, 0.3) is 0 Å². The fourth-order valence-corrected chi connectivity index (χ4v) is 3.42. The number of carbonyl (C=O) groups is 2. The monoisotopic (exact) mass is 397 g/mol. The van der Waals surface area contributed by atoms with Gasteiger partial charge in [0.05, 0.1) is 12.1 Å². The second-order valence-electron chi connectivity index (χ2n) is 7.41. The maximum Gasteiger partial charge on any atom is 0.303 e. The van der Waals surface area contributed by atoms with Crippen molar-refractivity contribution in [1.82, 2.24) is 4.90 Å². The van der Waals surface area contributed by atoms with Gasteiger partial charge in [-0.15, -0.1) is 0 Å². The minimum Gasteiger partial charge on any atom is -0.481 e. The fraction of sp³-hybridized carbons (Fsp3) is 0.500. The number of benzene rings is 1. The Bertz CT molecular complexity index is 732. The first-order chi connectivity index (χ1) is 14.1. The van der Waals surface area contributed by atoms with Gasteiger partial charge in [-0.1, -0.05) is 55.0 Å². The SMILES string of the molecule is O=C(O)CCCCCCN1C(=O)CC[C@@H]1/C=C/[C@H](O)CCC#Cc1ccccc1. The van der Waals surface area contributed by atoms with E-state index in [1.165, 1.54) is 0 Å². The van der Waals surface area contributed by atoms with Gasteiger partial charge in [-0.3, -0.25) is 9.59 Å². The highest BCUT2D eigenvalue weighted by atomic mass is 16.4. The molecule has 5 nitrogen and oxygen atoms in total. The summed E-state index contributed by atoms with van der Waals surface area (Å²) in [5.41, 5.74) is 0.973. The lowest BCUT2D eigenvalue weighted by Crippen LogP contribution is -2.32. The van der Waals surface area contributed by atoms with Crippen LogP contribution in [0.15, 0.2) is 42.5 Å². The number of aliphatic hydroxyl groups excluding tert-OH is 1. The van der Waals surface area contributed by atoms with E-state index in [1.807, 2.05) is 41.3 Å². The topological polar surface area (TPSA) is 77.8 Å². The third-order valence-electron chi connectivity index (χ3n) is 5.04. The van der Waals surface area contributed by atoms with E-state index < -0.39 is 12.1 Å². The molecule has 0 bridgehead atoms. The summed E-state index contributed by atoms with van der Waals surface area (Å²) in [4.78, 5) is 24.5. The molecule has 1 amide bonds. The van der Waals surface area contributed by atoms with Crippen molar-refractivity contribution in [2.24, 2.45) is 0 Å². The zero-order valence-electron chi connectivity index (χ0n) is 16.9. The number of aliphatic hydroxyl groups is 1. The minimum absolute atomic E-state index is 0.0478. The van der Waals surface area contributed by atoms with Crippen molar-refractivity contribution < 1.29 is 19.8 Å². The molecule has 2 rings (SSSR count). The number of carboxylic acids is 1. The molecule has 2 N–H and O–H groups in total. The molecule has 29 heavy (non-hydrogen) atoms. The third-order valence-corrected chi connectivity index (χ3v) is 5.04. The lowest BCUT2D eigenvalue weighted by molar-refractivity contribution is -0.137. The number of amides is 1. The zero-order valence-corrected chi connectivity index (χ0v) is 16.9. The van der Waals surface area contributed by atoms with E-state index in [1.54, 1.807) is 6.08 Å². The number of aliphatic carboxylic acids is 1. The summed E-state index contributed by atoms with van der Waals surface area (Å²) in [6.07, 6.45) is 9.27. The molecule has 1 aliphatic rings. The van der Waals surface area contributed by atoms with Crippen molar-refractivity contribution in [2.75, 3.05) is 6.54 Å². The van der Waals surface area contributed by atoms with Gasteiger partial charge in [0.2, 0.25) is 5.91 Å². The smallest absolute Gasteiger partial charge is 0.303 e. The van der Waals surface area contributed by atoms with E-state index >= 15 is 0 Å². The highest BCUT2D eigenvalue weighted by molar-refractivity contribution is 5.79. The Morgan fingerprint density at radius 1 is 1.21 bits per heavy atom. The van der Waals surface area contributed by atoms with Gasteiger partial charge in [0, 0.05) is 31.4 Å². The predicted octanol–water partition coefficient (Wildman–Crippen LogP) is 3.76. The summed E-state index contributed by atoms with van der Waals surface area (Å²) < 4.78 is 0. The first-order valence-electron chi connectivity index (χ1n) is 10.5. The molecule has 0 aromatic heterocycles. The standard InChI is InChI=1S/C24H31NO4/c26-22(13-8-7-12-20-10-4-3-5-11-20)17-15-21-16-18-23(27)25(21)19-9-2-1-6-14-24(28)29/h3-5,10-11,15,17,21-22,26H,1-2,6,8-9,13-14,16,18-19H2,(H,28,29)/b17-15+/t21-,22+/m0/s1. The van der Waals surface area contributed by atoms with Crippen molar-refractivity contribution in [2.45, 2.75) is 69.9 Å². The first-order valence-corrected chi connectivity index (χ1v) is 10.5. The van der Waals surface area contributed by atoms with Gasteiger partial charge < -0.3 is 15.1 Å². The van der Waals surface area contributed by atoms with E-state index in [0.29, 0.717) is 32.2 Å². The average Bonchev–Trinajstić information content (AvgIpc) is 3.06. The maximum absolute atomic E-state index is 12.1. The Balaban J connectivity index is 1.69. The third kappa shape index (κ3) is 8.97. The van der Waals surface area contributed by atoms with E-state index in [0.717, 1.165) is 31.2 Å². The highest BCUT2D eigenvalue weighted by Gasteiger charge is 2.28. The molecule has 0 radical (unpaired) electrons. The maximum atomic E-state index is 12.1. The quantitative estimate of drug-likeness (QED) is 0.339. The summed E-state index contributed by atoms with van der Waals surface area (Å²) in [5, 5.41) is 18.8. The van der Waals surface area contributed by atoms with Crippen LogP contribution in [0.3, 0.4) is 0 Å². The summed E-state index contributed by atoms with van der Waals surface area (Å²) in [5.74, 6) is 5.57. The number of likely N-dealkylation sites (tertiary alicyclic amines) is 1. The number of nitrogens with zero attached hydrogens (tertiary/aromatic N) is 1. The Hall–Kier alpha value is -2.58. The second kappa shape index (κ2) is 12.8. The van der Waals surface area contributed by atoms with Crippen molar-refractivity contribution in [3.8, 4) is 11.8 Å². The molecular weight excluding hydrogens is 366 g/mol. The normalized spacial score (nSPS) is 17.3. The Kier molecular flexibility index (Phi) is 10.0. The summed E-state index contributed by atoms with van der Waals surface area (Å²) in [6.45, 7) is 0.694. The summed E-state index contributed by atoms with van der Waals surface area (Å²) in [6, 6.07) is 9.82. The van der Waals surface area contributed by atoms with Crippen LogP contribution in [-0.2, 0) is 9.59 Å². The van der Waals surface area contributed by atoms with Crippen LogP contribution in [0.4, 0.5) is 0 Å². The van der Waals surface area contributed by atoms with E-state index in [4.69, 9.17) is 5.11 Å². The van der Waals surface area contributed by atoms with Crippen LogP contribution in [0.2, 0.25) is 0 Å². The number of carbonyl (C=O) groups excluding carboxylic acids is 1. The molecule has 1 aromatic rings. The first kappa shape index (κ1) is 22.7. The molecule has 1 saturated heterocycles. The number of unbranched alkanes of at least 4 members (excludes halogenated alkanes) is 3.